The molecule has 3 N–H and O–H groups in total. The van der Waals surface area contributed by atoms with Crippen molar-refractivity contribution in [3.05, 3.63) is 30.3 Å². The van der Waals surface area contributed by atoms with E-state index < -0.39 is 0 Å². The molecule has 0 saturated heterocycles. The van der Waals surface area contributed by atoms with Crippen molar-refractivity contribution in [2.24, 2.45) is 5.73 Å². The van der Waals surface area contributed by atoms with Gasteiger partial charge in [-0.05, 0) is 0 Å². The molecule has 0 aliphatic rings. The SMILES string of the molecule is N[CH]([Hg])CNc1ccccc1. The standard InChI is InChI=1S/C8H11N2.Hg/c9-6-7-10-8-4-2-1-3-5-8;/h1-6,10H,7,9H2;. The maximum absolute atomic E-state index is 5.66. The Kier molecular flexibility index (Phi) is 3.87. The molecule has 0 aliphatic heterocycles. The summed E-state index contributed by atoms with van der Waals surface area (Å²) in [6.45, 7) is 0.910. The Morgan fingerprint density at radius 1 is 1.36 bits per heavy atom. The zero-order chi connectivity index (χ0) is 8.10. The molecular weight excluding hydrogens is 325 g/mol. The Morgan fingerprint density at radius 2 is 2.00 bits per heavy atom. The van der Waals surface area contributed by atoms with Gasteiger partial charge in [0.15, 0.2) is 0 Å². The molecule has 11 heavy (non-hydrogen) atoms. The number of para-hydroxylation sites is 1. The third kappa shape index (κ3) is 3.72. The zero-order valence-corrected chi connectivity index (χ0v) is 12.0. The minimum atomic E-state index is 0.398. The molecule has 0 heterocycles. The summed E-state index contributed by atoms with van der Waals surface area (Å²) < 4.78 is 0.398. The summed E-state index contributed by atoms with van der Waals surface area (Å²) in [5.41, 5.74) is 6.82. The van der Waals surface area contributed by atoms with Crippen molar-refractivity contribution >= 4 is 5.69 Å². The van der Waals surface area contributed by atoms with Crippen LogP contribution in [0, 0.1) is 0 Å². The van der Waals surface area contributed by atoms with E-state index in [0.717, 1.165) is 12.2 Å². The van der Waals surface area contributed by atoms with Crippen LogP contribution in [0.4, 0.5) is 5.69 Å². The molecule has 1 rings (SSSR count). The quantitative estimate of drug-likeness (QED) is 0.807. The van der Waals surface area contributed by atoms with Gasteiger partial charge in [0.25, 0.3) is 0 Å². The third-order valence-corrected chi connectivity index (χ3v) is 2.46. The van der Waals surface area contributed by atoms with Crippen LogP contribution in [0.5, 0.6) is 0 Å². The van der Waals surface area contributed by atoms with E-state index in [9.17, 15) is 0 Å². The van der Waals surface area contributed by atoms with Crippen molar-refractivity contribution in [3.8, 4) is 0 Å². The molecule has 2 nitrogen and oxygen atoms in total. The predicted octanol–water partition coefficient (Wildman–Crippen LogP) is 0.930. The Labute approximate surface area is 83.1 Å². The van der Waals surface area contributed by atoms with Crippen LogP contribution in [-0.4, -0.2) is 10.1 Å². The molecule has 0 aromatic heterocycles. The van der Waals surface area contributed by atoms with Gasteiger partial charge in [-0.25, -0.2) is 0 Å². The van der Waals surface area contributed by atoms with Crippen LogP contribution in [0.3, 0.4) is 0 Å². The summed E-state index contributed by atoms with van der Waals surface area (Å²) in [7, 11) is 0. The van der Waals surface area contributed by atoms with Gasteiger partial charge in [0.2, 0.25) is 0 Å². The van der Waals surface area contributed by atoms with E-state index in [1.54, 1.807) is 0 Å². The second-order valence-electron chi connectivity index (χ2n) is 2.51. The summed E-state index contributed by atoms with van der Waals surface area (Å²) in [6.07, 6.45) is 0. The molecule has 1 aromatic rings. The van der Waals surface area contributed by atoms with E-state index in [1.165, 1.54) is 0 Å². The average molecular weight is 336 g/mol. The molecule has 1 aromatic carbocycles. The molecule has 0 bridgehead atoms. The number of hydrogen-bond acceptors (Lipinski definition) is 2. The maximum atomic E-state index is 5.66. The van der Waals surface area contributed by atoms with Crippen molar-refractivity contribution in [1.82, 2.24) is 0 Å². The van der Waals surface area contributed by atoms with Gasteiger partial charge in [0.1, 0.15) is 0 Å². The van der Waals surface area contributed by atoms with E-state index in [2.05, 4.69) is 17.4 Å². The minimum absolute atomic E-state index is 0.398. The number of rotatable bonds is 3. The van der Waals surface area contributed by atoms with Crippen LogP contribution in [0.15, 0.2) is 30.3 Å². The fourth-order valence-corrected chi connectivity index (χ4v) is 1.37. The van der Waals surface area contributed by atoms with Gasteiger partial charge in [-0.3, -0.25) is 0 Å². The molecular formula is C8H11HgN2. The van der Waals surface area contributed by atoms with Crippen molar-refractivity contribution in [2.75, 3.05) is 11.9 Å². The second kappa shape index (κ2) is 4.72. The van der Waals surface area contributed by atoms with E-state index in [1.807, 2.05) is 18.2 Å². The zero-order valence-electron chi connectivity index (χ0n) is 6.46. The molecule has 0 aliphatic carbocycles. The van der Waals surface area contributed by atoms with Gasteiger partial charge in [-0.2, -0.15) is 0 Å². The van der Waals surface area contributed by atoms with Gasteiger partial charge in [0, 0.05) is 0 Å². The van der Waals surface area contributed by atoms with Crippen molar-refractivity contribution in [3.63, 3.8) is 0 Å². The molecule has 55 valence electrons. The number of hydrogen-bond donors (Lipinski definition) is 2. The summed E-state index contributed by atoms with van der Waals surface area (Å²) in [4.78, 5) is 0. The topological polar surface area (TPSA) is 38.0 Å². The average Bonchev–Trinajstić information content (AvgIpc) is 2.03. The van der Waals surface area contributed by atoms with Crippen molar-refractivity contribution < 1.29 is 26.1 Å². The third-order valence-electron chi connectivity index (χ3n) is 1.34. The van der Waals surface area contributed by atoms with Crippen LogP contribution in [0.25, 0.3) is 0 Å². The Bertz CT molecular complexity index is 199. The van der Waals surface area contributed by atoms with Gasteiger partial charge >= 0.3 is 83.3 Å². The van der Waals surface area contributed by atoms with E-state index in [0.29, 0.717) is 29.7 Å². The normalized spacial score (nSPS) is 12.6. The molecule has 0 radical (unpaired) electrons. The Morgan fingerprint density at radius 3 is 2.55 bits per heavy atom. The molecule has 0 fully saturated rings. The summed E-state index contributed by atoms with van der Waals surface area (Å²) >= 11 is 0.670. The van der Waals surface area contributed by atoms with Crippen molar-refractivity contribution in [2.45, 2.75) is 3.55 Å². The number of anilines is 1. The van der Waals surface area contributed by atoms with Crippen LogP contribution in [-0.2, 0) is 26.1 Å². The summed E-state index contributed by atoms with van der Waals surface area (Å²) in [6, 6.07) is 10.2. The monoisotopic (exact) mass is 337 g/mol. The number of benzene rings is 1. The Balaban J connectivity index is 2.39. The van der Waals surface area contributed by atoms with Gasteiger partial charge < -0.3 is 0 Å². The summed E-state index contributed by atoms with van der Waals surface area (Å²) in [5, 5.41) is 3.27. The number of nitrogens with two attached hydrogens (primary N) is 1. The van der Waals surface area contributed by atoms with Crippen LogP contribution in [0.2, 0.25) is 0 Å². The van der Waals surface area contributed by atoms with Crippen LogP contribution in [0.1, 0.15) is 0 Å². The van der Waals surface area contributed by atoms with E-state index in [-0.39, 0.29) is 0 Å². The van der Waals surface area contributed by atoms with Crippen LogP contribution >= 0.6 is 0 Å². The van der Waals surface area contributed by atoms with Crippen molar-refractivity contribution in [1.29, 1.82) is 0 Å². The molecule has 0 amide bonds. The Hall–Kier alpha value is -0.0849. The first-order valence-electron chi connectivity index (χ1n) is 3.66. The van der Waals surface area contributed by atoms with Gasteiger partial charge in [0.05, 0.1) is 0 Å². The van der Waals surface area contributed by atoms with E-state index in [4.69, 9.17) is 5.73 Å². The molecule has 1 unspecified atom stereocenters. The summed E-state index contributed by atoms with van der Waals surface area (Å²) in [5.74, 6) is 0. The van der Waals surface area contributed by atoms with E-state index >= 15 is 0 Å². The fraction of sp³-hybridized carbons (Fsp3) is 0.250. The second-order valence-corrected chi connectivity index (χ2v) is 6.58. The van der Waals surface area contributed by atoms with Gasteiger partial charge in [-0.15, -0.1) is 0 Å². The molecule has 0 spiro atoms. The molecule has 1 atom stereocenters. The molecule has 3 heteroatoms. The predicted molar refractivity (Wildman–Crippen MR) is 42.9 cm³/mol. The first kappa shape index (κ1) is 9.01. The van der Waals surface area contributed by atoms with Gasteiger partial charge in [-0.1, -0.05) is 0 Å². The number of nitrogens with one attached hydrogen (secondary N) is 1. The fourth-order valence-electron chi connectivity index (χ4n) is 0.805. The van der Waals surface area contributed by atoms with Crippen LogP contribution < -0.4 is 11.1 Å². The first-order chi connectivity index (χ1) is 5.29. The molecule has 0 saturated carbocycles. The first-order valence-corrected chi connectivity index (χ1v) is 6.84.